The van der Waals surface area contributed by atoms with E-state index in [-0.39, 0.29) is 25.0 Å². The minimum absolute atomic E-state index is 0.0139. The molecule has 1 unspecified atom stereocenters. The number of phosphoric acid groups is 1. The molecule has 0 aromatic heterocycles. The summed E-state index contributed by atoms with van der Waals surface area (Å²) in [4.78, 5) is 39.0. The van der Waals surface area contributed by atoms with Gasteiger partial charge in [0.15, 0.2) is 0 Å². The van der Waals surface area contributed by atoms with Crippen LogP contribution in [-0.2, 0) is 28.0 Å². The first-order valence-corrected chi connectivity index (χ1v) is 12.0. The van der Waals surface area contributed by atoms with Crippen molar-refractivity contribution in [3.8, 4) is 0 Å². The van der Waals surface area contributed by atoms with Crippen molar-refractivity contribution < 1.29 is 38.0 Å². The number of hydrogen-bond donors (Lipinski definition) is 4. The highest BCUT2D eigenvalue weighted by Crippen LogP contribution is 2.48. The van der Waals surface area contributed by atoms with Gasteiger partial charge in [-0.1, -0.05) is 19.0 Å². The maximum Gasteiger partial charge on any atom is 0.472 e. The monoisotopic (exact) mass is 481 g/mol. The zero-order valence-corrected chi connectivity index (χ0v) is 21.3. The summed E-state index contributed by atoms with van der Waals surface area (Å²) in [5, 5.41) is 19.4. The fourth-order valence-corrected chi connectivity index (χ4v) is 3.40. The average molecular weight is 482 g/mol. The molecular weight excluding hydrogens is 441 g/mol. The predicted molar refractivity (Wildman–Crippen MR) is 121 cm³/mol. The molecule has 4 N–H and O–H groups in total. The molecule has 2 amide bonds. The van der Waals surface area contributed by atoms with Crippen LogP contribution in [0.5, 0.6) is 0 Å². The number of phosphoric ester groups is 1. The molecule has 11 nitrogen and oxygen atoms in total. The largest absolute Gasteiger partial charge is 0.472 e. The van der Waals surface area contributed by atoms with Gasteiger partial charge in [-0.25, -0.2) is 4.57 Å². The molecule has 0 bridgehead atoms. The zero-order valence-electron chi connectivity index (χ0n) is 20.4. The number of oxime groups is 1. The van der Waals surface area contributed by atoms with Crippen LogP contribution in [0.2, 0.25) is 0 Å². The fourth-order valence-electron chi connectivity index (χ4n) is 2.16. The van der Waals surface area contributed by atoms with E-state index in [4.69, 9.17) is 13.9 Å². The Bertz CT molecular complexity index is 689. The first-order valence-electron chi connectivity index (χ1n) is 10.5. The van der Waals surface area contributed by atoms with Crippen LogP contribution in [0.25, 0.3) is 0 Å². The van der Waals surface area contributed by atoms with Crippen molar-refractivity contribution in [2.24, 2.45) is 10.6 Å². The molecule has 0 radical (unpaired) electrons. The maximum absolute atomic E-state index is 12.2. The molecule has 0 spiro atoms. The standard InChI is InChI=1S/C20H40N3O8P/c1-14(2)30-23-15(3)9-11-21-16(24)10-12-22-18(26)17(25)20(7,8)13-29-32(27,28)31-19(4,5)6/h14,17,25H,9-13H2,1-8H3,(H,21,24)(H,22,26)(H,27,28)/b23-15+/t17-/m1/s1. The van der Waals surface area contributed by atoms with Crippen LogP contribution in [0.1, 0.15) is 68.2 Å². The minimum Gasteiger partial charge on any atom is -0.393 e. The Morgan fingerprint density at radius 1 is 1.06 bits per heavy atom. The average Bonchev–Trinajstić information content (AvgIpc) is 2.62. The van der Waals surface area contributed by atoms with Crippen molar-refractivity contribution in [1.82, 2.24) is 10.6 Å². The normalized spacial score (nSPS) is 15.8. The molecule has 0 saturated carbocycles. The molecule has 0 aromatic carbocycles. The number of carbonyl (C=O) groups is 2. The van der Waals surface area contributed by atoms with E-state index < -0.39 is 37.5 Å². The third-order valence-corrected chi connectivity index (χ3v) is 5.09. The zero-order chi connectivity index (χ0) is 25.2. The maximum atomic E-state index is 12.2. The molecule has 0 rings (SSSR count). The number of aliphatic hydroxyl groups excluding tert-OH is 1. The van der Waals surface area contributed by atoms with Gasteiger partial charge in [-0.15, -0.1) is 0 Å². The van der Waals surface area contributed by atoms with E-state index in [1.165, 1.54) is 13.8 Å². The van der Waals surface area contributed by atoms with Crippen molar-refractivity contribution in [3.63, 3.8) is 0 Å². The van der Waals surface area contributed by atoms with Crippen LogP contribution in [0.4, 0.5) is 0 Å². The Morgan fingerprint density at radius 3 is 2.16 bits per heavy atom. The van der Waals surface area contributed by atoms with E-state index in [1.54, 1.807) is 27.7 Å². The number of hydrogen-bond acceptors (Lipinski definition) is 8. The molecule has 0 aliphatic rings. The van der Waals surface area contributed by atoms with Crippen molar-refractivity contribution >= 4 is 25.3 Å². The lowest BCUT2D eigenvalue weighted by atomic mass is 9.87. The molecule has 12 heteroatoms. The van der Waals surface area contributed by atoms with Gasteiger partial charge in [0, 0.05) is 31.3 Å². The fraction of sp³-hybridized carbons (Fsp3) is 0.850. The minimum atomic E-state index is -4.35. The quantitative estimate of drug-likeness (QED) is 0.167. The van der Waals surface area contributed by atoms with Gasteiger partial charge in [0.05, 0.1) is 17.9 Å². The van der Waals surface area contributed by atoms with Crippen LogP contribution in [0, 0.1) is 5.41 Å². The van der Waals surface area contributed by atoms with E-state index in [2.05, 4.69) is 15.8 Å². The summed E-state index contributed by atoms with van der Waals surface area (Å²) in [6, 6.07) is 0. The van der Waals surface area contributed by atoms with Crippen LogP contribution in [0.15, 0.2) is 5.16 Å². The third kappa shape index (κ3) is 14.5. The van der Waals surface area contributed by atoms with Crippen molar-refractivity contribution in [2.75, 3.05) is 19.7 Å². The highest BCUT2D eigenvalue weighted by molar-refractivity contribution is 7.47. The van der Waals surface area contributed by atoms with Crippen LogP contribution in [-0.4, -0.2) is 65.0 Å². The van der Waals surface area contributed by atoms with Gasteiger partial charge in [-0.05, 0) is 41.5 Å². The number of aliphatic hydroxyl groups is 1. The Kier molecular flexibility index (Phi) is 12.6. The molecule has 0 aliphatic heterocycles. The predicted octanol–water partition coefficient (Wildman–Crippen LogP) is 2.12. The van der Waals surface area contributed by atoms with Gasteiger partial charge in [-0.3, -0.25) is 18.6 Å². The molecule has 0 fully saturated rings. The summed E-state index contributed by atoms with van der Waals surface area (Å²) >= 11 is 0. The molecule has 32 heavy (non-hydrogen) atoms. The van der Waals surface area contributed by atoms with E-state index in [0.29, 0.717) is 13.0 Å². The summed E-state index contributed by atoms with van der Waals surface area (Å²) in [6.45, 7) is 13.3. The van der Waals surface area contributed by atoms with Gasteiger partial charge in [0.2, 0.25) is 11.8 Å². The van der Waals surface area contributed by atoms with Gasteiger partial charge in [0.25, 0.3) is 0 Å². The highest BCUT2D eigenvalue weighted by Gasteiger charge is 2.38. The Morgan fingerprint density at radius 2 is 1.62 bits per heavy atom. The second-order valence-electron chi connectivity index (χ2n) is 9.46. The lowest BCUT2D eigenvalue weighted by Gasteiger charge is -2.31. The SMILES string of the molecule is C/C(CCNC(=O)CCNC(=O)[C@@H](O)C(C)(C)COP(=O)(O)OC(C)(C)C)=N\OC(C)C. The van der Waals surface area contributed by atoms with Crippen LogP contribution < -0.4 is 10.6 Å². The van der Waals surface area contributed by atoms with Gasteiger partial charge in [-0.2, -0.15) is 0 Å². The number of amides is 2. The lowest BCUT2D eigenvalue weighted by Crippen LogP contribution is -2.46. The second kappa shape index (κ2) is 13.3. The number of nitrogens with zero attached hydrogens (tertiary/aromatic N) is 1. The smallest absolute Gasteiger partial charge is 0.393 e. The summed E-state index contributed by atoms with van der Waals surface area (Å²) in [5.74, 6) is -0.981. The van der Waals surface area contributed by atoms with E-state index >= 15 is 0 Å². The summed E-state index contributed by atoms with van der Waals surface area (Å²) in [5.41, 5.74) is -1.33. The van der Waals surface area contributed by atoms with Gasteiger partial charge < -0.3 is 25.5 Å². The highest BCUT2D eigenvalue weighted by atomic mass is 31.2. The number of nitrogens with one attached hydrogen (secondary N) is 2. The van der Waals surface area contributed by atoms with Crippen molar-refractivity contribution in [1.29, 1.82) is 0 Å². The third-order valence-electron chi connectivity index (χ3n) is 3.86. The van der Waals surface area contributed by atoms with Crippen molar-refractivity contribution in [3.05, 3.63) is 0 Å². The molecular formula is C20H40N3O8P. The Hall–Kier alpha value is -1.52. The Balaban J connectivity index is 4.37. The Labute approximate surface area is 190 Å². The molecule has 0 aromatic rings. The summed E-state index contributed by atoms with van der Waals surface area (Å²) in [7, 11) is -4.35. The molecule has 2 atom stereocenters. The first kappa shape index (κ1) is 30.5. The number of carbonyl (C=O) groups excluding carboxylic acids is 2. The lowest BCUT2D eigenvalue weighted by molar-refractivity contribution is -0.137. The summed E-state index contributed by atoms with van der Waals surface area (Å²) < 4.78 is 21.9. The second-order valence-corrected chi connectivity index (χ2v) is 10.8. The van der Waals surface area contributed by atoms with E-state index in [9.17, 15) is 24.2 Å². The first-order chi connectivity index (χ1) is 14.4. The van der Waals surface area contributed by atoms with E-state index in [1.807, 2.05) is 13.8 Å². The van der Waals surface area contributed by atoms with Crippen LogP contribution >= 0.6 is 7.82 Å². The topological polar surface area (TPSA) is 156 Å². The van der Waals surface area contributed by atoms with Crippen LogP contribution in [0.3, 0.4) is 0 Å². The van der Waals surface area contributed by atoms with Crippen molar-refractivity contribution in [2.45, 2.75) is 86.0 Å². The summed E-state index contributed by atoms with van der Waals surface area (Å²) in [6.07, 6.45) is -0.981. The van der Waals surface area contributed by atoms with Gasteiger partial charge in [0.1, 0.15) is 12.2 Å². The van der Waals surface area contributed by atoms with Gasteiger partial charge >= 0.3 is 7.82 Å². The molecule has 0 heterocycles. The molecule has 0 aliphatic carbocycles. The van der Waals surface area contributed by atoms with E-state index in [0.717, 1.165) is 5.71 Å². The molecule has 0 saturated heterocycles. The number of rotatable bonds is 14. The molecule has 188 valence electrons.